The lowest BCUT2D eigenvalue weighted by Gasteiger charge is -2.37. The van der Waals surface area contributed by atoms with Crippen LogP contribution in [0.5, 0.6) is 0 Å². The first-order valence-corrected chi connectivity index (χ1v) is 4.53. The van der Waals surface area contributed by atoms with Crippen molar-refractivity contribution in [3.05, 3.63) is 0 Å². The summed E-state index contributed by atoms with van der Waals surface area (Å²) in [5.41, 5.74) is 3.63. The van der Waals surface area contributed by atoms with Crippen LogP contribution in [0.2, 0.25) is 0 Å². The normalized spacial score (nSPS) is 31.2. The SMILES string of the molecule is C1CC[N+]2(CCCC2)NC1. The second-order valence-corrected chi connectivity index (χ2v) is 3.64. The highest BCUT2D eigenvalue weighted by atomic mass is 15.7. The largest absolute Gasteiger partial charge is 0.246 e. The number of hydrogen-bond donors (Lipinski definition) is 1. The van der Waals surface area contributed by atoms with Gasteiger partial charge in [0, 0.05) is 19.4 Å². The molecule has 0 radical (unpaired) electrons. The summed E-state index contributed by atoms with van der Waals surface area (Å²) in [5, 5.41) is 0. The van der Waals surface area contributed by atoms with Gasteiger partial charge < -0.3 is 0 Å². The summed E-state index contributed by atoms with van der Waals surface area (Å²) in [6.07, 6.45) is 5.70. The average molecular weight is 141 g/mol. The molecule has 2 aliphatic rings. The fourth-order valence-electron chi connectivity index (χ4n) is 2.26. The fourth-order valence-corrected chi connectivity index (χ4v) is 2.26. The van der Waals surface area contributed by atoms with Crippen LogP contribution in [0, 0.1) is 0 Å². The number of quaternary nitrogens is 1. The summed E-state index contributed by atoms with van der Waals surface area (Å²) < 4.78 is 1.25. The third-order valence-electron chi connectivity index (χ3n) is 2.88. The number of rotatable bonds is 0. The molecule has 2 rings (SSSR count). The van der Waals surface area contributed by atoms with Crippen LogP contribution in [0.1, 0.15) is 25.7 Å². The molecular weight excluding hydrogens is 124 g/mol. The van der Waals surface area contributed by atoms with Gasteiger partial charge in [0.05, 0.1) is 19.6 Å². The minimum absolute atomic E-state index is 1.25. The molecule has 0 aromatic rings. The fraction of sp³-hybridized carbons (Fsp3) is 1.00. The Balaban J connectivity index is 1.98. The van der Waals surface area contributed by atoms with Crippen molar-refractivity contribution in [1.29, 1.82) is 0 Å². The van der Waals surface area contributed by atoms with Crippen molar-refractivity contribution < 1.29 is 4.59 Å². The van der Waals surface area contributed by atoms with Crippen LogP contribution in [-0.2, 0) is 0 Å². The average Bonchev–Trinajstić information content (AvgIpc) is 2.39. The van der Waals surface area contributed by atoms with Crippen molar-refractivity contribution in [2.75, 3.05) is 26.2 Å². The molecule has 0 aromatic carbocycles. The molecule has 0 saturated carbocycles. The van der Waals surface area contributed by atoms with Crippen LogP contribution in [0.15, 0.2) is 0 Å². The van der Waals surface area contributed by atoms with Gasteiger partial charge >= 0.3 is 0 Å². The Kier molecular flexibility index (Phi) is 1.66. The quantitative estimate of drug-likeness (QED) is 0.494. The van der Waals surface area contributed by atoms with Crippen LogP contribution >= 0.6 is 0 Å². The van der Waals surface area contributed by atoms with Gasteiger partial charge in [-0.25, -0.2) is 4.59 Å². The van der Waals surface area contributed by atoms with E-state index in [0.717, 1.165) is 0 Å². The first-order valence-electron chi connectivity index (χ1n) is 4.53. The molecule has 0 bridgehead atoms. The molecule has 0 amide bonds. The van der Waals surface area contributed by atoms with E-state index in [9.17, 15) is 0 Å². The van der Waals surface area contributed by atoms with Crippen LogP contribution in [-0.4, -0.2) is 30.8 Å². The van der Waals surface area contributed by atoms with Gasteiger partial charge in [-0.2, -0.15) is 5.43 Å². The van der Waals surface area contributed by atoms with Gasteiger partial charge in [-0.3, -0.25) is 0 Å². The lowest BCUT2D eigenvalue weighted by molar-refractivity contribution is -0.963. The molecule has 10 heavy (non-hydrogen) atoms. The van der Waals surface area contributed by atoms with E-state index >= 15 is 0 Å². The zero-order valence-electron chi connectivity index (χ0n) is 6.60. The van der Waals surface area contributed by atoms with E-state index < -0.39 is 0 Å². The van der Waals surface area contributed by atoms with Crippen molar-refractivity contribution in [2.45, 2.75) is 25.7 Å². The molecule has 58 valence electrons. The Morgan fingerprint density at radius 2 is 1.40 bits per heavy atom. The van der Waals surface area contributed by atoms with Crippen molar-refractivity contribution in [3.8, 4) is 0 Å². The second-order valence-electron chi connectivity index (χ2n) is 3.64. The molecule has 2 saturated heterocycles. The summed E-state index contributed by atoms with van der Waals surface area (Å²) in [4.78, 5) is 0. The Morgan fingerprint density at radius 1 is 0.800 bits per heavy atom. The number of nitrogens with one attached hydrogen (secondary N) is 1. The summed E-state index contributed by atoms with van der Waals surface area (Å²) in [6, 6.07) is 0. The minimum Gasteiger partial charge on any atom is -0.246 e. The van der Waals surface area contributed by atoms with Gasteiger partial charge in [0.25, 0.3) is 0 Å². The van der Waals surface area contributed by atoms with E-state index in [1.807, 2.05) is 0 Å². The first kappa shape index (κ1) is 6.62. The Morgan fingerprint density at radius 3 is 1.90 bits per heavy atom. The Bertz CT molecular complexity index is 108. The molecule has 1 N–H and O–H groups in total. The summed E-state index contributed by atoms with van der Waals surface area (Å²) in [7, 11) is 0. The topological polar surface area (TPSA) is 12.0 Å². The summed E-state index contributed by atoms with van der Waals surface area (Å²) in [6.45, 7) is 5.42. The van der Waals surface area contributed by atoms with Crippen LogP contribution in [0.4, 0.5) is 0 Å². The van der Waals surface area contributed by atoms with Crippen molar-refractivity contribution >= 4 is 0 Å². The maximum atomic E-state index is 3.63. The van der Waals surface area contributed by atoms with Crippen LogP contribution < -0.4 is 5.43 Å². The van der Waals surface area contributed by atoms with Gasteiger partial charge in [-0.15, -0.1) is 0 Å². The summed E-state index contributed by atoms with van der Waals surface area (Å²) >= 11 is 0. The Hall–Kier alpha value is -0.0800. The van der Waals surface area contributed by atoms with E-state index in [0.29, 0.717) is 0 Å². The van der Waals surface area contributed by atoms with Gasteiger partial charge in [0.1, 0.15) is 0 Å². The lowest BCUT2D eigenvalue weighted by atomic mass is 10.2. The second kappa shape index (κ2) is 2.51. The summed E-state index contributed by atoms with van der Waals surface area (Å²) in [5.74, 6) is 0. The van der Waals surface area contributed by atoms with E-state index in [1.165, 1.54) is 56.5 Å². The minimum atomic E-state index is 1.25. The smallest absolute Gasteiger partial charge is 0.0964 e. The molecule has 2 fully saturated rings. The highest BCUT2D eigenvalue weighted by Crippen LogP contribution is 2.19. The Labute approximate surface area is 62.8 Å². The molecule has 0 aliphatic carbocycles. The number of hydrogen-bond acceptors (Lipinski definition) is 1. The molecule has 0 aromatic heterocycles. The molecular formula is C8H17N2+. The van der Waals surface area contributed by atoms with Crippen molar-refractivity contribution in [1.82, 2.24) is 5.43 Å². The van der Waals surface area contributed by atoms with Gasteiger partial charge in [-0.05, 0) is 12.8 Å². The van der Waals surface area contributed by atoms with E-state index in [1.54, 1.807) is 0 Å². The molecule has 1 spiro atoms. The first-order chi connectivity index (χ1) is 4.91. The molecule has 2 aliphatic heterocycles. The predicted molar refractivity (Wildman–Crippen MR) is 41.3 cm³/mol. The highest BCUT2D eigenvalue weighted by Gasteiger charge is 2.33. The van der Waals surface area contributed by atoms with Crippen LogP contribution in [0.3, 0.4) is 0 Å². The maximum absolute atomic E-state index is 3.63. The molecule has 2 nitrogen and oxygen atoms in total. The van der Waals surface area contributed by atoms with Gasteiger partial charge in [-0.1, -0.05) is 0 Å². The van der Waals surface area contributed by atoms with Crippen molar-refractivity contribution in [2.24, 2.45) is 0 Å². The number of nitrogens with zero attached hydrogens (tertiary/aromatic N) is 1. The van der Waals surface area contributed by atoms with Crippen LogP contribution in [0.25, 0.3) is 0 Å². The monoisotopic (exact) mass is 141 g/mol. The molecule has 0 atom stereocenters. The van der Waals surface area contributed by atoms with E-state index in [2.05, 4.69) is 5.43 Å². The van der Waals surface area contributed by atoms with Gasteiger partial charge in [0.15, 0.2) is 0 Å². The third-order valence-corrected chi connectivity index (χ3v) is 2.88. The predicted octanol–water partition coefficient (Wildman–Crippen LogP) is 0.895. The molecule has 2 heteroatoms. The zero-order chi connectivity index (χ0) is 6.86. The lowest BCUT2D eigenvalue weighted by Crippen LogP contribution is -2.59. The highest BCUT2D eigenvalue weighted by molar-refractivity contribution is 4.57. The van der Waals surface area contributed by atoms with E-state index in [-0.39, 0.29) is 0 Å². The van der Waals surface area contributed by atoms with Gasteiger partial charge in [0.2, 0.25) is 0 Å². The molecule has 2 heterocycles. The van der Waals surface area contributed by atoms with E-state index in [4.69, 9.17) is 0 Å². The third kappa shape index (κ3) is 1.06. The zero-order valence-corrected chi connectivity index (χ0v) is 6.60. The van der Waals surface area contributed by atoms with Crippen molar-refractivity contribution in [3.63, 3.8) is 0 Å². The molecule has 0 unspecified atom stereocenters. The standard InChI is InChI=1S/C8H17N2/c1-2-6-10(9-5-1)7-3-4-8-10/h9H,1-8H2/q+1. The maximum Gasteiger partial charge on any atom is 0.0964 e.